The molecular weight excluding hydrogens is 338 g/mol. The molecule has 0 heterocycles. The lowest BCUT2D eigenvalue weighted by Crippen LogP contribution is -2.04. The zero-order chi connectivity index (χ0) is 18.7. The van der Waals surface area contributed by atoms with Crippen LogP contribution in [-0.2, 0) is 18.0 Å². The Morgan fingerprint density at radius 1 is 0.840 bits per heavy atom. The Bertz CT molecular complexity index is 785. The van der Waals surface area contributed by atoms with Gasteiger partial charge >= 0.3 is 0 Å². The van der Waals surface area contributed by atoms with Crippen LogP contribution in [0.2, 0.25) is 0 Å². The maximum absolute atomic E-state index is 13.6. The van der Waals surface area contributed by atoms with Crippen molar-refractivity contribution in [3.8, 4) is 0 Å². The lowest BCUT2D eigenvalue weighted by atomic mass is 10.1. The van der Waals surface area contributed by atoms with Crippen LogP contribution in [-0.4, -0.2) is 9.85 Å². The molecule has 0 aliphatic rings. The Morgan fingerprint density at radius 3 is 1.52 bits per heavy atom. The number of hydrogen-bond acceptors (Lipinski definition) is 5. The van der Waals surface area contributed by atoms with Gasteiger partial charge in [0.05, 0.1) is 34.2 Å². The van der Waals surface area contributed by atoms with E-state index in [1.54, 1.807) is 0 Å². The lowest BCUT2D eigenvalue weighted by Gasteiger charge is -2.08. The molecule has 0 radical (unpaired) electrons. The molecule has 2 aromatic carbocycles. The zero-order valence-corrected chi connectivity index (χ0v) is 13.4. The number of benzene rings is 2. The molecule has 25 heavy (non-hydrogen) atoms. The fourth-order valence-corrected chi connectivity index (χ4v) is 2.26. The molecule has 0 spiro atoms. The second-order valence-electron chi connectivity index (χ2n) is 5.47. The third-order valence-electron chi connectivity index (χ3n) is 3.63. The monoisotopic (exact) mass is 352 g/mol. The number of aryl methyl sites for hydroxylation is 2. The van der Waals surface area contributed by atoms with E-state index in [0.29, 0.717) is 0 Å². The summed E-state index contributed by atoms with van der Waals surface area (Å²) >= 11 is 0. The SMILES string of the molecule is Cc1cc([N+](=O)[O-])c(COCc2cc(F)c(C)cc2[N+](=O)[O-])cc1F. The largest absolute Gasteiger partial charge is 0.372 e. The minimum absolute atomic E-state index is 0.0108. The molecule has 0 unspecified atom stereocenters. The molecule has 0 saturated heterocycles. The van der Waals surface area contributed by atoms with Crippen molar-refractivity contribution >= 4 is 11.4 Å². The van der Waals surface area contributed by atoms with Crippen molar-refractivity contribution in [1.82, 2.24) is 0 Å². The Morgan fingerprint density at radius 2 is 1.20 bits per heavy atom. The summed E-state index contributed by atoms with van der Waals surface area (Å²) in [4.78, 5) is 20.7. The van der Waals surface area contributed by atoms with Gasteiger partial charge in [0.25, 0.3) is 11.4 Å². The van der Waals surface area contributed by atoms with Crippen LogP contribution in [0.1, 0.15) is 22.3 Å². The van der Waals surface area contributed by atoms with Gasteiger partial charge in [-0.15, -0.1) is 0 Å². The number of halogens is 2. The molecule has 9 heteroatoms. The zero-order valence-electron chi connectivity index (χ0n) is 13.4. The molecule has 2 rings (SSSR count). The summed E-state index contributed by atoms with van der Waals surface area (Å²) in [6, 6.07) is 4.14. The van der Waals surface area contributed by atoms with Gasteiger partial charge < -0.3 is 4.74 Å². The molecule has 0 bridgehead atoms. The maximum Gasteiger partial charge on any atom is 0.275 e. The van der Waals surface area contributed by atoms with Crippen LogP contribution in [0.3, 0.4) is 0 Å². The number of rotatable bonds is 6. The molecule has 7 nitrogen and oxygen atoms in total. The average Bonchev–Trinajstić information content (AvgIpc) is 2.53. The number of nitro benzene ring substituents is 2. The third kappa shape index (κ3) is 4.13. The first-order valence-corrected chi connectivity index (χ1v) is 7.15. The average molecular weight is 352 g/mol. The van der Waals surface area contributed by atoms with E-state index in [1.807, 2.05) is 0 Å². The Kier molecular flexibility index (Phi) is 5.38. The third-order valence-corrected chi connectivity index (χ3v) is 3.63. The summed E-state index contributed by atoms with van der Waals surface area (Å²) < 4.78 is 32.5. The molecule has 0 aromatic heterocycles. The van der Waals surface area contributed by atoms with Crippen molar-refractivity contribution in [2.75, 3.05) is 0 Å². The van der Waals surface area contributed by atoms with Crippen LogP contribution in [0.4, 0.5) is 20.2 Å². The van der Waals surface area contributed by atoms with Gasteiger partial charge in [-0.2, -0.15) is 0 Å². The van der Waals surface area contributed by atoms with Crippen molar-refractivity contribution in [3.05, 3.63) is 78.4 Å². The van der Waals surface area contributed by atoms with Crippen LogP contribution in [0, 0.1) is 45.7 Å². The lowest BCUT2D eigenvalue weighted by molar-refractivity contribution is -0.386. The fourth-order valence-electron chi connectivity index (χ4n) is 2.26. The van der Waals surface area contributed by atoms with Gasteiger partial charge in [-0.3, -0.25) is 20.2 Å². The fraction of sp³-hybridized carbons (Fsp3) is 0.250. The van der Waals surface area contributed by atoms with E-state index < -0.39 is 21.5 Å². The first-order valence-electron chi connectivity index (χ1n) is 7.15. The first kappa shape index (κ1) is 18.4. The molecule has 2 aromatic rings. The van der Waals surface area contributed by atoms with Crippen molar-refractivity contribution < 1.29 is 23.4 Å². The van der Waals surface area contributed by atoms with Crippen molar-refractivity contribution in [2.45, 2.75) is 27.1 Å². The summed E-state index contributed by atoms with van der Waals surface area (Å²) in [6.07, 6.45) is 0. The smallest absolute Gasteiger partial charge is 0.275 e. The van der Waals surface area contributed by atoms with Gasteiger partial charge in [0.2, 0.25) is 0 Å². The molecule has 0 fully saturated rings. The number of ether oxygens (including phenoxy) is 1. The molecule has 0 aliphatic carbocycles. The highest BCUT2D eigenvalue weighted by molar-refractivity contribution is 5.44. The van der Waals surface area contributed by atoms with Crippen LogP contribution in [0.15, 0.2) is 24.3 Å². The van der Waals surface area contributed by atoms with Gasteiger partial charge in [0.1, 0.15) is 11.6 Å². The first-order chi connectivity index (χ1) is 11.7. The number of nitro groups is 2. The number of nitrogens with zero attached hydrogens (tertiary/aromatic N) is 2. The van der Waals surface area contributed by atoms with Crippen LogP contribution < -0.4 is 0 Å². The van der Waals surface area contributed by atoms with Gasteiger partial charge in [-0.05, 0) is 37.1 Å². The van der Waals surface area contributed by atoms with Crippen LogP contribution in [0.5, 0.6) is 0 Å². The van der Waals surface area contributed by atoms with Crippen LogP contribution in [0.25, 0.3) is 0 Å². The van der Waals surface area contributed by atoms with Gasteiger partial charge in [-0.1, -0.05) is 0 Å². The van der Waals surface area contributed by atoms with Crippen molar-refractivity contribution in [1.29, 1.82) is 0 Å². The molecule has 0 aliphatic heterocycles. The summed E-state index contributed by atoms with van der Waals surface area (Å²) in [5, 5.41) is 22.1. The van der Waals surface area contributed by atoms with Crippen molar-refractivity contribution in [3.63, 3.8) is 0 Å². The summed E-state index contributed by atoms with van der Waals surface area (Å²) in [5.41, 5.74) is -0.419. The van der Waals surface area contributed by atoms with E-state index in [0.717, 1.165) is 24.3 Å². The van der Waals surface area contributed by atoms with Crippen molar-refractivity contribution in [2.24, 2.45) is 0 Å². The molecule has 0 atom stereocenters. The van der Waals surface area contributed by atoms with Gasteiger partial charge in [-0.25, -0.2) is 8.78 Å². The van der Waals surface area contributed by atoms with Gasteiger partial charge in [0.15, 0.2) is 0 Å². The molecule has 0 N–H and O–H groups in total. The topological polar surface area (TPSA) is 95.5 Å². The molecule has 0 saturated carbocycles. The molecule has 132 valence electrons. The number of hydrogen-bond donors (Lipinski definition) is 0. The second-order valence-corrected chi connectivity index (χ2v) is 5.47. The molecular formula is C16H14F2N2O5. The van der Waals surface area contributed by atoms with Gasteiger partial charge in [0, 0.05) is 12.1 Å². The van der Waals surface area contributed by atoms with E-state index in [2.05, 4.69) is 0 Å². The summed E-state index contributed by atoms with van der Waals surface area (Å²) in [5.74, 6) is -1.26. The maximum atomic E-state index is 13.6. The van der Waals surface area contributed by atoms with E-state index in [1.165, 1.54) is 13.8 Å². The predicted octanol–water partition coefficient (Wildman–Crippen LogP) is 4.11. The second kappa shape index (κ2) is 7.31. The highest BCUT2D eigenvalue weighted by Gasteiger charge is 2.19. The van der Waals surface area contributed by atoms with Crippen LogP contribution >= 0.6 is 0 Å². The van der Waals surface area contributed by atoms with E-state index >= 15 is 0 Å². The Balaban J connectivity index is 2.22. The molecule has 0 amide bonds. The Labute approximate surface area is 141 Å². The normalized spacial score (nSPS) is 10.7. The standard InChI is InChI=1S/C16H14F2N2O5/c1-9-3-15(19(21)22)11(5-13(9)17)7-25-8-12-6-14(18)10(2)4-16(12)20(23)24/h3-6H,7-8H2,1-2H3. The summed E-state index contributed by atoms with van der Waals surface area (Å²) in [7, 11) is 0. The quantitative estimate of drug-likeness (QED) is 0.576. The highest BCUT2D eigenvalue weighted by Crippen LogP contribution is 2.26. The van der Waals surface area contributed by atoms with E-state index in [-0.39, 0.29) is 46.8 Å². The van der Waals surface area contributed by atoms with E-state index in [9.17, 15) is 29.0 Å². The predicted molar refractivity (Wildman–Crippen MR) is 84.1 cm³/mol. The summed E-state index contributed by atoms with van der Waals surface area (Å²) in [6.45, 7) is 2.09. The van der Waals surface area contributed by atoms with E-state index in [4.69, 9.17) is 4.74 Å². The Hall–Kier alpha value is -2.94. The minimum Gasteiger partial charge on any atom is -0.372 e. The highest BCUT2D eigenvalue weighted by atomic mass is 19.1. The minimum atomic E-state index is -0.668.